The lowest BCUT2D eigenvalue weighted by Gasteiger charge is -2.17. The number of carbonyl (C=O) groups is 1. The lowest BCUT2D eigenvalue weighted by molar-refractivity contribution is -0.128. The molecule has 1 aromatic rings. The Hall–Kier alpha value is -1.71. The molecule has 0 heterocycles. The second-order valence-electron chi connectivity index (χ2n) is 4.47. The van der Waals surface area contributed by atoms with Crippen molar-refractivity contribution in [1.29, 1.82) is 0 Å². The fraction of sp³-hybridized carbons (Fsp3) is 0.500. The van der Waals surface area contributed by atoms with Crippen LogP contribution in [0.1, 0.15) is 26.2 Å². The van der Waals surface area contributed by atoms with Crippen molar-refractivity contribution in [1.82, 2.24) is 5.32 Å². The zero-order valence-corrected chi connectivity index (χ0v) is 10.8. The fourth-order valence-corrected chi connectivity index (χ4v) is 1.66. The van der Waals surface area contributed by atoms with Gasteiger partial charge in [-0.05, 0) is 43.5 Å². The van der Waals surface area contributed by atoms with Crippen LogP contribution in [-0.4, -0.2) is 25.2 Å². The van der Waals surface area contributed by atoms with E-state index >= 15 is 0 Å². The van der Waals surface area contributed by atoms with Gasteiger partial charge in [-0.25, -0.2) is 0 Å². The van der Waals surface area contributed by atoms with Gasteiger partial charge in [0.2, 0.25) is 0 Å². The highest BCUT2D eigenvalue weighted by Crippen LogP contribution is 2.21. The highest BCUT2D eigenvalue weighted by molar-refractivity contribution is 5.81. The quantitative estimate of drug-likeness (QED) is 0.840. The molecule has 1 atom stereocenters. The Balaban J connectivity index is 1.93. The van der Waals surface area contributed by atoms with Gasteiger partial charge in [-0.3, -0.25) is 4.79 Å². The van der Waals surface area contributed by atoms with Gasteiger partial charge in [0.25, 0.3) is 5.91 Å². The zero-order valence-electron chi connectivity index (χ0n) is 10.8. The van der Waals surface area contributed by atoms with E-state index in [1.165, 1.54) is 0 Å². The van der Waals surface area contributed by atoms with E-state index in [4.69, 9.17) is 9.47 Å². The number of ether oxygens (including phenoxy) is 2. The average Bonchev–Trinajstić information content (AvgIpc) is 3.20. The molecule has 1 N–H and O–H groups in total. The van der Waals surface area contributed by atoms with Crippen LogP contribution in [0.15, 0.2) is 24.3 Å². The highest BCUT2D eigenvalue weighted by Gasteiger charge is 2.27. The van der Waals surface area contributed by atoms with Crippen molar-refractivity contribution in [3.8, 4) is 11.5 Å². The predicted molar refractivity (Wildman–Crippen MR) is 68.9 cm³/mol. The average molecular weight is 249 g/mol. The Morgan fingerprint density at radius 2 is 1.94 bits per heavy atom. The molecule has 0 aliphatic heterocycles. The van der Waals surface area contributed by atoms with E-state index in [0.29, 0.717) is 18.2 Å². The van der Waals surface area contributed by atoms with E-state index in [0.717, 1.165) is 18.6 Å². The summed E-state index contributed by atoms with van der Waals surface area (Å²) in [5.74, 6) is 1.45. The standard InChI is InChI=1S/C14H19NO3/c1-3-13(14(16)15-10-4-5-10)18-12-8-6-11(17-2)7-9-12/h6-10,13H,3-5H2,1-2H3,(H,15,16)/t13-/m0/s1. The Morgan fingerprint density at radius 1 is 1.33 bits per heavy atom. The molecule has 1 aromatic carbocycles. The summed E-state index contributed by atoms with van der Waals surface area (Å²) in [6.07, 6.45) is 2.42. The van der Waals surface area contributed by atoms with E-state index in [-0.39, 0.29) is 5.91 Å². The molecule has 1 fully saturated rings. The molecular formula is C14H19NO3. The summed E-state index contributed by atoms with van der Waals surface area (Å²) in [5, 5.41) is 2.96. The maximum Gasteiger partial charge on any atom is 0.261 e. The van der Waals surface area contributed by atoms with Crippen LogP contribution in [0.5, 0.6) is 11.5 Å². The normalized spacial score (nSPS) is 15.9. The third kappa shape index (κ3) is 3.39. The second kappa shape index (κ2) is 5.76. The highest BCUT2D eigenvalue weighted by atomic mass is 16.5. The van der Waals surface area contributed by atoms with E-state index in [2.05, 4.69) is 5.32 Å². The SMILES string of the molecule is CC[C@H](Oc1ccc(OC)cc1)C(=O)NC1CC1. The van der Waals surface area contributed by atoms with Crippen molar-refractivity contribution in [2.24, 2.45) is 0 Å². The van der Waals surface area contributed by atoms with E-state index in [1.807, 2.05) is 31.2 Å². The maximum absolute atomic E-state index is 11.9. The number of amides is 1. The van der Waals surface area contributed by atoms with Crippen LogP contribution in [0.4, 0.5) is 0 Å². The molecule has 1 aliphatic carbocycles. The minimum Gasteiger partial charge on any atom is -0.497 e. The summed E-state index contributed by atoms with van der Waals surface area (Å²) < 4.78 is 10.8. The van der Waals surface area contributed by atoms with Crippen molar-refractivity contribution in [2.75, 3.05) is 7.11 Å². The third-order valence-corrected chi connectivity index (χ3v) is 2.92. The van der Waals surface area contributed by atoms with Crippen LogP contribution in [0.3, 0.4) is 0 Å². The first kappa shape index (κ1) is 12.7. The van der Waals surface area contributed by atoms with Crippen molar-refractivity contribution in [3.05, 3.63) is 24.3 Å². The molecule has 18 heavy (non-hydrogen) atoms. The minimum atomic E-state index is -0.418. The molecule has 0 aromatic heterocycles. The van der Waals surface area contributed by atoms with Gasteiger partial charge >= 0.3 is 0 Å². The lowest BCUT2D eigenvalue weighted by Crippen LogP contribution is -2.39. The van der Waals surface area contributed by atoms with Crippen molar-refractivity contribution in [3.63, 3.8) is 0 Å². The molecule has 4 nitrogen and oxygen atoms in total. The summed E-state index contributed by atoms with van der Waals surface area (Å²) in [6, 6.07) is 7.63. The van der Waals surface area contributed by atoms with Gasteiger partial charge in [0.15, 0.2) is 6.10 Å². The summed E-state index contributed by atoms with van der Waals surface area (Å²) in [4.78, 5) is 11.9. The van der Waals surface area contributed by atoms with Gasteiger partial charge in [-0.2, -0.15) is 0 Å². The van der Waals surface area contributed by atoms with E-state index < -0.39 is 6.10 Å². The molecule has 0 spiro atoms. The van der Waals surface area contributed by atoms with E-state index in [9.17, 15) is 4.79 Å². The predicted octanol–water partition coefficient (Wildman–Crippen LogP) is 2.13. The Labute approximate surface area is 107 Å². The molecule has 0 saturated heterocycles. The Bertz CT molecular complexity index is 398. The molecule has 0 radical (unpaired) electrons. The zero-order chi connectivity index (χ0) is 13.0. The van der Waals surface area contributed by atoms with Gasteiger partial charge < -0.3 is 14.8 Å². The summed E-state index contributed by atoms with van der Waals surface area (Å²) in [5.41, 5.74) is 0. The van der Waals surface area contributed by atoms with E-state index in [1.54, 1.807) is 7.11 Å². The number of hydrogen-bond donors (Lipinski definition) is 1. The molecule has 1 aliphatic rings. The maximum atomic E-state index is 11.9. The first-order valence-corrected chi connectivity index (χ1v) is 6.34. The van der Waals surface area contributed by atoms with Crippen LogP contribution in [0.25, 0.3) is 0 Å². The van der Waals surface area contributed by atoms with Crippen molar-refractivity contribution < 1.29 is 14.3 Å². The smallest absolute Gasteiger partial charge is 0.261 e. The summed E-state index contributed by atoms with van der Waals surface area (Å²) in [6.45, 7) is 1.95. The van der Waals surface area contributed by atoms with Crippen molar-refractivity contribution >= 4 is 5.91 Å². The number of hydrogen-bond acceptors (Lipinski definition) is 3. The topological polar surface area (TPSA) is 47.6 Å². The first-order valence-electron chi connectivity index (χ1n) is 6.34. The molecule has 4 heteroatoms. The van der Waals surface area contributed by atoms with Crippen LogP contribution < -0.4 is 14.8 Å². The number of rotatable bonds is 6. The van der Waals surface area contributed by atoms with Gasteiger partial charge in [0.05, 0.1) is 7.11 Å². The molecule has 2 rings (SSSR count). The molecule has 1 saturated carbocycles. The monoisotopic (exact) mass is 249 g/mol. The van der Waals surface area contributed by atoms with Crippen LogP contribution in [0.2, 0.25) is 0 Å². The first-order chi connectivity index (χ1) is 8.72. The molecular weight excluding hydrogens is 230 g/mol. The van der Waals surface area contributed by atoms with Gasteiger partial charge in [-0.1, -0.05) is 6.92 Å². The van der Waals surface area contributed by atoms with Gasteiger partial charge in [0.1, 0.15) is 11.5 Å². The molecule has 1 amide bonds. The molecule has 0 bridgehead atoms. The van der Waals surface area contributed by atoms with Crippen LogP contribution in [-0.2, 0) is 4.79 Å². The number of carbonyl (C=O) groups excluding carboxylic acids is 1. The fourth-order valence-electron chi connectivity index (χ4n) is 1.66. The van der Waals surface area contributed by atoms with Crippen LogP contribution >= 0.6 is 0 Å². The number of benzene rings is 1. The Kier molecular flexibility index (Phi) is 4.07. The third-order valence-electron chi connectivity index (χ3n) is 2.92. The van der Waals surface area contributed by atoms with Crippen molar-refractivity contribution in [2.45, 2.75) is 38.3 Å². The van der Waals surface area contributed by atoms with Gasteiger partial charge in [0, 0.05) is 6.04 Å². The molecule has 98 valence electrons. The minimum absolute atomic E-state index is 0.0178. The number of methoxy groups -OCH3 is 1. The largest absolute Gasteiger partial charge is 0.497 e. The summed E-state index contributed by atoms with van der Waals surface area (Å²) in [7, 11) is 1.62. The molecule has 0 unspecified atom stereocenters. The lowest BCUT2D eigenvalue weighted by atomic mass is 10.2. The van der Waals surface area contributed by atoms with Crippen LogP contribution in [0, 0.1) is 0 Å². The Morgan fingerprint density at radius 3 is 2.44 bits per heavy atom. The van der Waals surface area contributed by atoms with Gasteiger partial charge in [-0.15, -0.1) is 0 Å². The summed E-state index contributed by atoms with van der Waals surface area (Å²) >= 11 is 0. The number of nitrogens with one attached hydrogen (secondary N) is 1. The second-order valence-corrected chi connectivity index (χ2v) is 4.47.